The topological polar surface area (TPSA) is 110 Å². The van der Waals surface area contributed by atoms with Gasteiger partial charge in [0, 0.05) is 24.4 Å². The second-order valence-electron chi connectivity index (χ2n) is 5.54. The normalized spacial score (nSPS) is 12.8. The van der Waals surface area contributed by atoms with Crippen LogP contribution in [0.5, 0.6) is 0 Å². The Balaban J connectivity index is 2.97. The van der Waals surface area contributed by atoms with Crippen molar-refractivity contribution >= 4 is 34.5 Å². The number of carbonyl (C=O) groups is 2. The molecule has 0 saturated heterocycles. The number of primary amides is 1. The summed E-state index contributed by atoms with van der Waals surface area (Å²) >= 11 is 3.96. The van der Waals surface area contributed by atoms with Crippen LogP contribution in [0.1, 0.15) is 37.0 Å². The molecule has 0 aliphatic heterocycles. The molecule has 2 amide bonds. The van der Waals surface area contributed by atoms with Crippen molar-refractivity contribution in [3.63, 3.8) is 0 Å². The monoisotopic (exact) mass is 387 g/mol. The van der Waals surface area contributed by atoms with Gasteiger partial charge in [0.2, 0.25) is 15.9 Å². The molecule has 1 aromatic carbocycles. The molecule has 0 heterocycles. The molecule has 0 aliphatic carbocycles. The number of nitrogens with one attached hydrogen (secondary N) is 1. The molecule has 9 heteroatoms. The number of rotatable bonds is 10. The molecule has 0 bridgehead atoms. The molecular weight excluding hydrogens is 362 g/mol. The van der Waals surface area contributed by atoms with E-state index in [9.17, 15) is 18.0 Å². The van der Waals surface area contributed by atoms with Gasteiger partial charge in [-0.15, -0.1) is 0 Å². The number of nitrogens with zero attached hydrogens (tertiary/aromatic N) is 1. The molecule has 0 aromatic heterocycles. The minimum Gasteiger partial charge on any atom is -0.368 e. The number of thiol groups is 1. The largest absolute Gasteiger partial charge is 0.368 e. The first kappa shape index (κ1) is 21.5. The number of carbonyl (C=O) groups excluding carboxylic acids is 2. The van der Waals surface area contributed by atoms with Crippen LogP contribution in [0.3, 0.4) is 0 Å². The number of sulfonamides is 1. The molecule has 0 fully saturated rings. The van der Waals surface area contributed by atoms with Gasteiger partial charge in [-0.1, -0.05) is 13.8 Å². The smallest absolute Gasteiger partial charge is 0.251 e. The van der Waals surface area contributed by atoms with Gasteiger partial charge < -0.3 is 11.1 Å². The molecule has 0 spiro atoms. The third-order valence-electron chi connectivity index (χ3n) is 3.53. The van der Waals surface area contributed by atoms with E-state index in [-0.39, 0.29) is 16.2 Å². The van der Waals surface area contributed by atoms with Gasteiger partial charge in [0.05, 0.1) is 4.90 Å². The summed E-state index contributed by atoms with van der Waals surface area (Å²) in [6, 6.07) is 4.72. The zero-order chi connectivity index (χ0) is 19.0. The Bertz CT molecular complexity index is 684. The molecule has 140 valence electrons. The first-order chi connectivity index (χ1) is 11.8. The van der Waals surface area contributed by atoms with Crippen molar-refractivity contribution in [1.29, 1.82) is 0 Å². The van der Waals surface area contributed by atoms with Gasteiger partial charge in [0.25, 0.3) is 5.91 Å². The first-order valence-electron chi connectivity index (χ1n) is 8.09. The summed E-state index contributed by atoms with van der Waals surface area (Å²) < 4.78 is 26.8. The Kier molecular flexibility index (Phi) is 8.40. The number of benzene rings is 1. The maximum Gasteiger partial charge on any atom is 0.251 e. The summed E-state index contributed by atoms with van der Waals surface area (Å²) in [5.74, 6) is -1.12. The minimum atomic E-state index is -3.59. The molecule has 7 nitrogen and oxygen atoms in total. The quantitative estimate of drug-likeness (QED) is 0.521. The van der Waals surface area contributed by atoms with E-state index < -0.39 is 27.9 Å². The lowest BCUT2D eigenvalue weighted by Gasteiger charge is -2.21. The van der Waals surface area contributed by atoms with Crippen LogP contribution in [0.25, 0.3) is 0 Å². The predicted octanol–water partition coefficient (Wildman–Crippen LogP) is 1.01. The van der Waals surface area contributed by atoms with Crippen LogP contribution < -0.4 is 11.1 Å². The van der Waals surface area contributed by atoms with Crippen molar-refractivity contribution in [2.45, 2.75) is 37.6 Å². The maximum atomic E-state index is 12.7. The molecule has 1 aromatic rings. The summed E-state index contributed by atoms with van der Waals surface area (Å²) in [6.45, 7) is 4.73. The Morgan fingerprint density at radius 3 is 2.08 bits per heavy atom. The predicted molar refractivity (Wildman–Crippen MR) is 100 cm³/mol. The van der Waals surface area contributed by atoms with Gasteiger partial charge in [-0.05, 0) is 37.1 Å². The Morgan fingerprint density at radius 2 is 1.68 bits per heavy atom. The summed E-state index contributed by atoms with van der Waals surface area (Å²) in [4.78, 5) is 23.4. The van der Waals surface area contributed by atoms with E-state index in [2.05, 4.69) is 17.9 Å². The lowest BCUT2D eigenvalue weighted by Crippen LogP contribution is -2.45. The van der Waals surface area contributed by atoms with E-state index in [0.717, 1.165) is 12.8 Å². The van der Waals surface area contributed by atoms with Gasteiger partial charge in [0.1, 0.15) is 6.04 Å². The fourth-order valence-electron chi connectivity index (χ4n) is 2.23. The molecule has 0 unspecified atom stereocenters. The van der Waals surface area contributed by atoms with Crippen LogP contribution in [0.4, 0.5) is 0 Å². The molecule has 0 radical (unpaired) electrons. The maximum absolute atomic E-state index is 12.7. The number of amides is 2. The van der Waals surface area contributed by atoms with E-state index in [1.54, 1.807) is 0 Å². The van der Waals surface area contributed by atoms with Crippen LogP contribution in [-0.4, -0.2) is 49.4 Å². The zero-order valence-electron chi connectivity index (χ0n) is 14.4. The van der Waals surface area contributed by atoms with Gasteiger partial charge in [-0.25, -0.2) is 8.42 Å². The van der Waals surface area contributed by atoms with Gasteiger partial charge in [-0.2, -0.15) is 16.9 Å². The standard InChI is InChI=1S/C16H25N3O4S2/c1-3-9-19(10-4-2)25(22,23)13-7-5-12(6-8-13)16(21)18-14(11-24)15(17)20/h5-8,14,24H,3-4,9-11H2,1-2H3,(H2,17,20)(H,18,21)/t14-/m0/s1. The number of hydrogen-bond donors (Lipinski definition) is 3. The number of hydrogen-bond acceptors (Lipinski definition) is 5. The fourth-order valence-corrected chi connectivity index (χ4v) is 4.12. The molecule has 25 heavy (non-hydrogen) atoms. The van der Waals surface area contributed by atoms with Crippen LogP contribution in [0.15, 0.2) is 29.2 Å². The Hall–Kier alpha value is -1.58. The van der Waals surface area contributed by atoms with Gasteiger partial charge in [0.15, 0.2) is 0 Å². The van der Waals surface area contributed by atoms with Crippen molar-refractivity contribution in [3.8, 4) is 0 Å². The highest BCUT2D eigenvalue weighted by atomic mass is 32.2. The van der Waals surface area contributed by atoms with Crippen LogP contribution in [-0.2, 0) is 14.8 Å². The Morgan fingerprint density at radius 1 is 1.16 bits per heavy atom. The van der Waals surface area contributed by atoms with Crippen molar-refractivity contribution in [2.75, 3.05) is 18.8 Å². The number of nitrogens with two attached hydrogens (primary N) is 1. The third kappa shape index (κ3) is 5.72. The lowest BCUT2D eigenvalue weighted by molar-refractivity contribution is -0.119. The van der Waals surface area contributed by atoms with Crippen LogP contribution >= 0.6 is 12.6 Å². The van der Waals surface area contributed by atoms with Crippen molar-refractivity contribution < 1.29 is 18.0 Å². The van der Waals surface area contributed by atoms with Crippen LogP contribution in [0.2, 0.25) is 0 Å². The average molecular weight is 388 g/mol. The summed E-state index contributed by atoms with van der Waals surface area (Å²) in [7, 11) is -3.59. The highest BCUT2D eigenvalue weighted by Gasteiger charge is 2.23. The molecule has 0 saturated carbocycles. The van der Waals surface area contributed by atoms with Crippen molar-refractivity contribution in [2.24, 2.45) is 5.73 Å². The highest BCUT2D eigenvalue weighted by molar-refractivity contribution is 7.89. The highest BCUT2D eigenvalue weighted by Crippen LogP contribution is 2.17. The van der Waals surface area contributed by atoms with E-state index in [4.69, 9.17) is 5.73 Å². The van der Waals surface area contributed by atoms with E-state index in [1.165, 1.54) is 28.6 Å². The first-order valence-corrected chi connectivity index (χ1v) is 10.2. The molecule has 3 N–H and O–H groups in total. The second-order valence-corrected chi connectivity index (χ2v) is 7.84. The summed E-state index contributed by atoms with van der Waals surface area (Å²) in [6.07, 6.45) is 1.44. The SMILES string of the molecule is CCCN(CCC)S(=O)(=O)c1ccc(C(=O)N[C@@H](CS)C(N)=O)cc1. The lowest BCUT2D eigenvalue weighted by atomic mass is 10.2. The molecule has 1 rings (SSSR count). The van der Waals surface area contributed by atoms with Crippen molar-refractivity contribution in [1.82, 2.24) is 9.62 Å². The van der Waals surface area contributed by atoms with Gasteiger partial charge >= 0.3 is 0 Å². The molecule has 1 atom stereocenters. The van der Waals surface area contributed by atoms with Gasteiger partial charge in [-0.3, -0.25) is 9.59 Å². The second kappa shape index (κ2) is 9.79. The van der Waals surface area contributed by atoms with E-state index >= 15 is 0 Å². The van der Waals surface area contributed by atoms with Crippen molar-refractivity contribution in [3.05, 3.63) is 29.8 Å². The average Bonchev–Trinajstić information content (AvgIpc) is 2.59. The Labute approximate surface area is 154 Å². The summed E-state index contributed by atoms with van der Waals surface area (Å²) in [5.41, 5.74) is 5.40. The summed E-state index contributed by atoms with van der Waals surface area (Å²) in [5, 5.41) is 2.45. The molecular formula is C16H25N3O4S2. The van der Waals surface area contributed by atoms with E-state index in [1.807, 2.05) is 13.8 Å². The van der Waals surface area contributed by atoms with E-state index in [0.29, 0.717) is 13.1 Å². The fraction of sp³-hybridized carbons (Fsp3) is 0.500. The molecule has 0 aliphatic rings. The van der Waals surface area contributed by atoms with Crippen LogP contribution in [0, 0.1) is 0 Å². The third-order valence-corrected chi connectivity index (χ3v) is 5.81. The minimum absolute atomic E-state index is 0.0799. The zero-order valence-corrected chi connectivity index (χ0v) is 16.1.